The Hall–Kier alpha value is -2.90. The highest BCUT2D eigenvalue weighted by molar-refractivity contribution is 5.74. The maximum Gasteiger partial charge on any atom is 0.317 e. The van der Waals surface area contributed by atoms with Crippen LogP contribution in [0.1, 0.15) is 0 Å². The van der Waals surface area contributed by atoms with Crippen molar-refractivity contribution >= 4 is 11.8 Å². The van der Waals surface area contributed by atoms with E-state index in [-0.39, 0.29) is 24.9 Å². The van der Waals surface area contributed by atoms with Crippen LogP contribution in [0.3, 0.4) is 0 Å². The molecule has 1 saturated heterocycles. The molecule has 1 fully saturated rings. The summed E-state index contributed by atoms with van der Waals surface area (Å²) in [5.41, 5.74) is 0. The zero-order valence-electron chi connectivity index (χ0n) is 14.2. The molecule has 3 rings (SSSR count). The second-order valence-electron chi connectivity index (χ2n) is 5.82. The van der Waals surface area contributed by atoms with Crippen molar-refractivity contribution in [2.45, 2.75) is 0 Å². The highest BCUT2D eigenvalue weighted by Gasteiger charge is 2.21. The van der Waals surface area contributed by atoms with Crippen LogP contribution in [0.25, 0.3) is 0 Å². The Morgan fingerprint density at radius 3 is 2.65 bits per heavy atom. The van der Waals surface area contributed by atoms with Gasteiger partial charge in [0.15, 0.2) is 11.6 Å². The molecule has 0 saturated carbocycles. The Balaban J connectivity index is 1.38. The summed E-state index contributed by atoms with van der Waals surface area (Å²) in [6.07, 6.45) is 1.75. The average Bonchev–Trinajstić information content (AvgIpc) is 2.67. The van der Waals surface area contributed by atoms with Gasteiger partial charge in [-0.2, -0.15) is 0 Å². The van der Waals surface area contributed by atoms with Crippen LogP contribution in [0.15, 0.2) is 42.6 Å². The Labute approximate surface area is 150 Å². The summed E-state index contributed by atoms with van der Waals surface area (Å²) in [4.78, 5) is 20.3. The van der Waals surface area contributed by atoms with Gasteiger partial charge < -0.3 is 19.9 Å². The third-order valence-electron chi connectivity index (χ3n) is 4.07. The number of nitrogens with one attached hydrogen (secondary N) is 1. The van der Waals surface area contributed by atoms with Crippen LogP contribution in [-0.2, 0) is 0 Å². The van der Waals surface area contributed by atoms with Crippen LogP contribution >= 0.6 is 0 Å². The van der Waals surface area contributed by atoms with Crippen molar-refractivity contribution in [2.24, 2.45) is 0 Å². The van der Waals surface area contributed by atoms with Gasteiger partial charge in [-0.3, -0.25) is 0 Å². The minimum Gasteiger partial charge on any atom is -0.489 e. The standard InChI is InChI=1S/C18H20F2N4O2/c19-14-4-5-16(15(20)13-14)26-12-7-22-18(25)24-10-8-23(9-11-24)17-3-1-2-6-21-17/h1-6,13H,7-12H2,(H,22,25). The molecule has 0 atom stereocenters. The van der Waals surface area contributed by atoms with Gasteiger partial charge in [0.05, 0.1) is 6.54 Å². The molecule has 1 aliphatic rings. The van der Waals surface area contributed by atoms with E-state index in [1.165, 1.54) is 6.07 Å². The number of urea groups is 1. The summed E-state index contributed by atoms with van der Waals surface area (Å²) in [6.45, 7) is 2.94. The predicted molar refractivity (Wildman–Crippen MR) is 93.3 cm³/mol. The van der Waals surface area contributed by atoms with Crippen LogP contribution in [0.2, 0.25) is 0 Å². The average molecular weight is 362 g/mol. The van der Waals surface area contributed by atoms with Gasteiger partial charge in [-0.05, 0) is 24.3 Å². The van der Waals surface area contributed by atoms with E-state index in [1.54, 1.807) is 11.1 Å². The number of piperazine rings is 1. The second kappa shape index (κ2) is 8.46. The number of hydrogen-bond donors (Lipinski definition) is 1. The largest absolute Gasteiger partial charge is 0.489 e. The zero-order chi connectivity index (χ0) is 18.4. The maximum atomic E-state index is 13.4. The summed E-state index contributed by atoms with van der Waals surface area (Å²) in [7, 11) is 0. The number of carbonyl (C=O) groups is 1. The lowest BCUT2D eigenvalue weighted by Gasteiger charge is -2.35. The first kappa shape index (κ1) is 17.9. The topological polar surface area (TPSA) is 57.7 Å². The number of pyridine rings is 1. The SMILES string of the molecule is O=C(NCCOc1ccc(F)cc1F)N1CCN(c2ccccn2)CC1. The van der Waals surface area contributed by atoms with E-state index in [9.17, 15) is 13.6 Å². The molecule has 6 nitrogen and oxygen atoms in total. The Morgan fingerprint density at radius 2 is 1.96 bits per heavy atom. The van der Waals surface area contributed by atoms with Crippen molar-refractivity contribution in [1.82, 2.24) is 15.2 Å². The molecule has 26 heavy (non-hydrogen) atoms. The van der Waals surface area contributed by atoms with E-state index in [2.05, 4.69) is 15.2 Å². The lowest BCUT2D eigenvalue weighted by molar-refractivity contribution is 0.191. The molecule has 1 aromatic carbocycles. The molecule has 2 heterocycles. The summed E-state index contributed by atoms with van der Waals surface area (Å²) >= 11 is 0. The van der Waals surface area contributed by atoms with E-state index < -0.39 is 11.6 Å². The van der Waals surface area contributed by atoms with Crippen LogP contribution < -0.4 is 15.0 Å². The Kier molecular flexibility index (Phi) is 5.83. The monoisotopic (exact) mass is 362 g/mol. The third-order valence-corrected chi connectivity index (χ3v) is 4.07. The molecule has 0 aliphatic carbocycles. The third kappa shape index (κ3) is 4.59. The van der Waals surface area contributed by atoms with Gasteiger partial charge in [-0.25, -0.2) is 18.6 Å². The van der Waals surface area contributed by atoms with E-state index >= 15 is 0 Å². The first-order valence-electron chi connectivity index (χ1n) is 8.40. The predicted octanol–water partition coefficient (Wildman–Crippen LogP) is 2.27. The minimum absolute atomic E-state index is 0.0374. The number of ether oxygens (including phenoxy) is 1. The number of rotatable bonds is 5. The van der Waals surface area contributed by atoms with Gasteiger partial charge >= 0.3 is 6.03 Å². The molecule has 138 valence electrons. The lowest BCUT2D eigenvalue weighted by atomic mass is 10.3. The fourth-order valence-corrected chi connectivity index (χ4v) is 2.70. The molecule has 1 aliphatic heterocycles. The van der Waals surface area contributed by atoms with E-state index in [4.69, 9.17) is 4.74 Å². The van der Waals surface area contributed by atoms with Crippen LogP contribution in [0, 0.1) is 11.6 Å². The Morgan fingerprint density at radius 1 is 1.15 bits per heavy atom. The van der Waals surface area contributed by atoms with Crippen molar-refractivity contribution in [3.05, 3.63) is 54.2 Å². The number of anilines is 1. The molecule has 0 spiro atoms. The number of aromatic nitrogens is 1. The quantitative estimate of drug-likeness (QED) is 0.829. The molecule has 0 bridgehead atoms. The van der Waals surface area contributed by atoms with Crippen molar-refractivity contribution < 1.29 is 18.3 Å². The van der Waals surface area contributed by atoms with Crippen molar-refractivity contribution in [3.63, 3.8) is 0 Å². The molecule has 0 radical (unpaired) electrons. The van der Waals surface area contributed by atoms with Gasteiger partial charge in [0.2, 0.25) is 0 Å². The maximum absolute atomic E-state index is 13.4. The van der Waals surface area contributed by atoms with Crippen LogP contribution in [0.4, 0.5) is 19.4 Å². The van der Waals surface area contributed by atoms with Gasteiger partial charge in [0, 0.05) is 38.4 Å². The minimum atomic E-state index is -0.762. The van der Waals surface area contributed by atoms with Gasteiger partial charge in [-0.1, -0.05) is 6.07 Å². The molecular weight excluding hydrogens is 342 g/mol. The van der Waals surface area contributed by atoms with Gasteiger partial charge in [0.25, 0.3) is 0 Å². The van der Waals surface area contributed by atoms with E-state index in [0.29, 0.717) is 26.2 Å². The fraction of sp³-hybridized carbons (Fsp3) is 0.333. The van der Waals surface area contributed by atoms with E-state index in [0.717, 1.165) is 18.0 Å². The first-order chi connectivity index (χ1) is 12.6. The number of amides is 2. The van der Waals surface area contributed by atoms with E-state index in [1.807, 2.05) is 18.2 Å². The zero-order valence-corrected chi connectivity index (χ0v) is 14.2. The highest BCUT2D eigenvalue weighted by Crippen LogP contribution is 2.17. The van der Waals surface area contributed by atoms with Crippen LogP contribution in [0.5, 0.6) is 5.75 Å². The molecule has 1 N–H and O–H groups in total. The normalized spacial score (nSPS) is 14.2. The number of benzene rings is 1. The molecule has 1 aromatic heterocycles. The lowest BCUT2D eigenvalue weighted by Crippen LogP contribution is -2.52. The molecule has 0 unspecified atom stereocenters. The smallest absolute Gasteiger partial charge is 0.317 e. The summed E-state index contributed by atoms with van der Waals surface area (Å²) in [5.74, 6) is -0.554. The van der Waals surface area contributed by atoms with Crippen molar-refractivity contribution in [2.75, 3.05) is 44.2 Å². The molecule has 8 heteroatoms. The van der Waals surface area contributed by atoms with Gasteiger partial charge in [-0.15, -0.1) is 0 Å². The van der Waals surface area contributed by atoms with Gasteiger partial charge in [0.1, 0.15) is 18.2 Å². The molecular formula is C18H20F2N4O2. The number of hydrogen-bond acceptors (Lipinski definition) is 4. The molecule has 2 amide bonds. The van der Waals surface area contributed by atoms with Crippen molar-refractivity contribution in [3.8, 4) is 5.75 Å². The number of nitrogens with zero attached hydrogens (tertiary/aromatic N) is 3. The highest BCUT2D eigenvalue weighted by atomic mass is 19.1. The van der Waals surface area contributed by atoms with Crippen LogP contribution in [-0.4, -0.2) is 55.2 Å². The number of halogens is 2. The molecule has 2 aromatic rings. The number of carbonyl (C=O) groups excluding carboxylic acids is 1. The first-order valence-corrected chi connectivity index (χ1v) is 8.40. The summed E-state index contributed by atoms with van der Waals surface area (Å²) in [5, 5.41) is 2.74. The van der Waals surface area contributed by atoms with Crippen molar-refractivity contribution in [1.29, 1.82) is 0 Å². The second-order valence-corrected chi connectivity index (χ2v) is 5.82. The summed E-state index contributed by atoms with van der Waals surface area (Å²) in [6, 6.07) is 8.67. The Bertz CT molecular complexity index is 737. The summed E-state index contributed by atoms with van der Waals surface area (Å²) < 4.78 is 31.5. The fourth-order valence-electron chi connectivity index (χ4n) is 2.70.